The van der Waals surface area contributed by atoms with E-state index in [0.29, 0.717) is 6.54 Å². The Morgan fingerprint density at radius 3 is 2.64 bits per heavy atom. The van der Waals surface area contributed by atoms with Gasteiger partial charge in [-0.15, -0.1) is 0 Å². The molecule has 0 aliphatic heterocycles. The van der Waals surface area contributed by atoms with Gasteiger partial charge in [0.05, 0.1) is 18.7 Å². The van der Waals surface area contributed by atoms with Crippen LogP contribution in [0.2, 0.25) is 0 Å². The van der Waals surface area contributed by atoms with Crippen LogP contribution in [0.25, 0.3) is 0 Å². The molecule has 0 aliphatic carbocycles. The second-order valence-electron chi connectivity index (χ2n) is 2.94. The van der Waals surface area contributed by atoms with Gasteiger partial charge in [0.1, 0.15) is 5.75 Å². The Hall–Kier alpha value is -0.580. The second kappa shape index (κ2) is 5.34. The number of nitrogens with one attached hydrogen (secondary N) is 1. The monoisotopic (exact) mass is 259 g/mol. The van der Waals surface area contributed by atoms with Crippen molar-refractivity contribution in [3.05, 3.63) is 27.7 Å². The summed E-state index contributed by atoms with van der Waals surface area (Å²) in [6, 6.07) is 4.02. The molecule has 78 valence electrons. The van der Waals surface area contributed by atoms with Gasteiger partial charge in [-0.3, -0.25) is 0 Å². The Morgan fingerprint density at radius 2 is 2.07 bits per heavy atom. The highest BCUT2D eigenvalue weighted by molar-refractivity contribution is 9.10. The summed E-state index contributed by atoms with van der Waals surface area (Å²) in [7, 11) is 3.26. The van der Waals surface area contributed by atoms with E-state index in [4.69, 9.17) is 9.57 Å². The minimum Gasteiger partial charge on any atom is -0.496 e. The molecule has 0 heterocycles. The van der Waals surface area contributed by atoms with Crippen molar-refractivity contribution >= 4 is 15.9 Å². The van der Waals surface area contributed by atoms with Crippen molar-refractivity contribution < 1.29 is 9.57 Å². The van der Waals surface area contributed by atoms with E-state index in [-0.39, 0.29) is 0 Å². The highest BCUT2D eigenvalue weighted by Crippen LogP contribution is 2.28. The van der Waals surface area contributed by atoms with Crippen LogP contribution in [0.15, 0.2) is 16.6 Å². The van der Waals surface area contributed by atoms with E-state index < -0.39 is 0 Å². The molecule has 0 amide bonds. The summed E-state index contributed by atoms with van der Waals surface area (Å²) in [6.07, 6.45) is 0. The van der Waals surface area contributed by atoms with Gasteiger partial charge in [0.25, 0.3) is 0 Å². The van der Waals surface area contributed by atoms with Crippen molar-refractivity contribution in [1.29, 1.82) is 0 Å². The first-order valence-electron chi connectivity index (χ1n) is 4.28. The molecular formula is C10H14BrNO2. The van der Waals surface area contributed by atoms with Gasteiger partial charge in [0.2, 0.25) is 0 Å². The number of halogens is 1. The molecule has 0 aliphatic rings. The molecule has 14 heavy (non-hydrogen) atoms. The molecule has 1 rings (SSSR count). The number of hydrogen-bond acceptors (Lipinski definition) is 3. The summed E-state index contributed by atoms with van der Waals surface area (Å²) in [4.78, 5) is 4.80. The van der Waals surface area contributed by atoms with Crippen LogP contribution in [0.4, 0.5) is 0 Å². The van der Waals surface area contributed by atoms with Crippen LogP contribution in [-0.2, 0) is 11.4 Å². The Kier molecular flexibility index (Phi) is 4.38. The molecule has 0 bridgehead atoms. The summed E-state index contributed by atoms with van der Waals surface area (Å²) in [5, 5.41) is 0. The topological polar surface area (TPSA) is 30.5 Å². The molecule has 3 nitrogen and oxygen atoms in total. The molecule has 1 N–H and O–H groups in total. The first-order valence-corrected chi connectivity index (χ1v) is 5.07. The molecule has 0 radical (unpaired) electrons. The minimum absolute atomic E-state index is 0.685. The van der Waals surface area contributed by atoms with Crippen molar-refractivity contribution in [2.45, 2.75) is 13.5 Å². The predicted molar refractivity (Wildman–Crippen MR) is 59.3 cm³/mol. The maximum atomic E-state index is 5.19. The lowest BCUT2D eigenvalue weighted by Crippen LogP contribution is -2.11. The summed E-state index contributed by atoms with van der Waals surface area (Å²) in [5.74, 6) is 0.851. The third kappa shape index (κ3) is 2.70. The van der Waals surface area contributed by atoms with E-state index in [9.17, 15) is 0 Å². The molecule has 0 atom stereocenters. The lowest BCUT2D eigenvalue weighted by Gasteiger charge is -2.10. The molecule has 0 fully saturated rings. The number of rotatable bonds is 4. The highest BCUT2D eigenvalue weighted by Gasteiger charge is 2.05. The average Bonchev–Trinajstić information content (AvgIpc) is 2.18. The number of ether oxygens (including phenoxy) is 1. The zero-order valence-corrected chi connectivity index (χ0v) is 10.1. The zero-order valence-electron chi connectivity index (χ0n) is 8.56. The number of aryl methyl sites for hydroxylation is 1. The molecule has 0 saturated heterocycles. The van der Waals surface area contributed by atoms with Crippen LogP contribution < -0.4 is 10.2 Å². The van der Waals surface area contributed by atoms with Crippen molar-refractivity contribution in [3.63, 3.8) is 0 Å². The third-order valence-electron chi connectivity index (χ3n) is 2.02. The summed E-state index contributed by atoms with van der Waals surface area (Å²) >= 11 is 3.44. The molecule has 0 saturated carbocycles. The van der Waals surface area contributed by atoms with Gasteiger partial charge in [-0.05, 0) is 46.1 Å². The molecule has 1 aromatic rings. The lowest BCUT2D eigenvalue weighted by atomic mass is 10.1. The van der Waals surface area contributed by atoms with E-state index in [1.807, 2.05) is 19.1 Å². The van der Waals surface area contributed by atoms with Crippen molar-refractivity contribution in [2.75, 3.05) is 14.2 Å². The quantitative estimate of drug-likeness (QED) is 0.843. The average molecular weight is 260 g/mol. The van der Waals surface area contributed by atoms with Gasteiger partial charge in [-0.1, -0.05) is 0 Å². The molecular weight excluding hydrogens is 246 g/mol. The molecule has 0 aromatic heterocycles. The number of methoxy groups -OCH3 is 1. The first kappa shape index (κ1) is 11.5. The smallest absolute Gasteiger partial charge is 0.133 e. The van der Waals surface area contributed by atoms with Crippen LogP contribution in [0.1, 0.15) is 11.1 Å². The van der Waals surface area contributed by atoms with Crippen LogP contribution in [0.3, 0.4) is 0 Å². The van der Waals surface area contributed by atoms with Crippen LogP contribution in [0.5, 0.6) is 5.75 Å². The van der Waals surface area contributed by atoms with Gasteiger partial charge < -0.3 is 9.57 Å². The number of hydrogen-bond donors (Lipinski definition) is 1. The SMILES string of the molecule is CONCc1cc(Br)c(OC)cc1C. The molecule has 0 unspecified atom stereocenters. The van der Waals surface area contributed by atoms with Crippen molar-refractivity contribution in [3.8, 4) is 5.75 Å². The van der Waals surface area contributed by atoms with Crippen LogP contribution in [-0.4, -0.2) is 14.2 Å². The van der Waals surface area contributed by atoms with Gasteiger partial charge in [-0.2, -0.15) is 5.48 Å². The van der Waals surface area contributed by atoms with Crippen molar-refractivity contribution in [2.24, 2.45) is 0 Å². The van der Waals surface area contributed by atoms with E-state index in [2.05, 4.69) is 21.4 Å². The van der Waals surface area contributed by atoms with Crippen LogP contribution in [0, 0.1) is 6.92 Å². The van der Waals surface area contributed by atoms with E-state index >= 15 is 0 Å². The fraction of sp³-hybridized carbons (Fsp3) is 0.400. The summed E-state index contributed by atoms with van der Waals surface area (Å²) in [5.41, 5.74) is 5.16. The number of hydroxylamine groups is 1. The van der Waals surface area contributed by atoms with Gasteiger partial charge in [0.15, 0.2) is 0 Å². The normalized spacial score (nSPS) is 10.3. The zero-order chi connectivity index (χ0) is 10.6. The summed E-state index contributed by atoms with van der Waals surface area (Å²) in [6.45, 7) is 2.73. The van der Waals surface area contributed by atoms with Gasteiger partial charge in [0, 0.05) is 6.54 Å². The second-order valence-corrected chi connectivity index (χ2v) is 3.79. The predicted octanol–water partition coefficient (Wildman–Crippen LogP) is 2.42. The van der Waals surface area contributed by atoms with Gasteiger partial charge >= 0.3 is 0 Å². The standard InChI is InChI=1S/C10H14BrNO2/c1-7-4-10(13-2)9(11)5-8(7)6-12-14-3/h4-5,12H,6H2,1-3H3. The van der Waals surface area contributed by atoms with E-state index in [0.717, 1.165) is 10.2 Å². The van der Waals surface area contributed by atoms with Crippen molar-refractivity contribution in [1.82, 2.24) is 5.48 Å². The Balaban J connectivity index is 2.90. The fourth-order valence-corrected chi connectivity index (χ4v) is 1.75. The maximum absolute atomic E-state index is 5.19. The largest absolute Gasteiger partial charge is 0.496 e. The first-order chi connectivity index (χ1) is 6.69. The molecule has 0 spiro atoms. The lowest BCUT2D eigenvalue weighted by molar-refractivity contribution is 0.0865. The van der Waals surface area contributed by atoms with E-state index in [1.54, 1.807) is 14.2 Å². The van der Waals surface area contributed by atoms with E-state index in [1.165, 1.54) is 11.1 Å². The Labute approximate surface area is 92.5 Å². The fourth-order valence-electron chi connectivity index (χ4n) is 1.19. The third-order valence-corrected chi connectivity index (χ3v) is 2.64. The maximum Gasteiger partial charge on any atom is 0.133 e. The minimum atomic E-state index is 0.685. The molecule has 1 aromatic carbocycles. The highest BCUT2D eigenvalue weighted by atomic mass is 79.9. The summed E-state index contributed by atoms with van der Waals surface area (Å²) < 4.78 is 6.14. The Morgan fingerprint density at radius 1 is 1.36 bits per heavy atom. The Bertz CT molecular complexity index is 315. The van der Waals surface area contributed by atoms with Gasteiger partial charge in [-0.25, -0.2) is 0 Å². The van der Waals surface area contributed by atoms with Crippen LogP contribution >= 0.6 is 15.9 Å². The number of benzene rings is 1. The molecule has 4 heteroatoms.